The molecule has 1 fully saturated rings. The third-order valence-corrected chi connectivity index (χ3v) is 9.85. The summed E-state index contributed by atoms with van der Waals surface area (Å²) in [5, 5.41) is 6.04. The second kappa shape index (κ2) is 9.25. The smallest absolute Gasteiger partial charge is 0.238 e. The molecule has 0 spiro atoms. The van der Waals surface area contributed by atoms with Crippen LogP contribution in [0, 0.1) is 26.7 Å². The van der Waals surface area contributed by atoms with Gasteiger partial charge in [0.2, 0.25) is 6.34 Å². The average molecular weight is 500 g/mol. The molecule has 4 nitrogen and oxygen atoms in total. The Balaban J connectivity index is 1.25. The van der Waals surface area contributed by atoms with Crippen molar-refractivity contribution in [1.82, 2.24) is 10.2 Å². The molecule has 6 rings (SSSR count). The number of aliphatic imine (C=N–C) groups is 1. The fraction of sp³-hybridized carbons (Fsp3) is 0.310. The molecule has 0 saturated heterocycles. The molecular weight excluding hydrogens is 468 g/mol. The Morgan fingerprint density at radius 2 is 1.91 bits per heavy atom. The van der Waals surface area contributed by atoms with E-state index >= 15 is 0 Å². The minimum absolute atomic E-state index is 0.182. The van der Waals surface area contributed by atoms with E-state index in [9.17, 15) is 0 Å². The van der Waals surface area contributed by atoms with Crippen LogP contribution in [0.3, 0.4) is 0 Å². The molecule has 6 heteroatoms. The van der Waals surface area contributed by atoms with Crippen LogP contribution in [0.25, 0.3) is 10.4 Å². The topological polar surface area (TPSA) is 30.6 Å². The predicted octanol–water partition coefficient (Wildman–Crippen LogP) is 6.94. The maximum absolute atomic E-state index is 4.48. The highest BCUT2D eigenvalue weighted by atomic mass is 32.1. The lowest BCUT2D eigenvalue weighted by Gasteiger charge is -2.30. The summed E-state index contributed by atoms with van der Waals surface area (Å²) in [5.41, 5.74) is 6.96. The van der Waals surface area contributed by atoms with Gasteiger partial charge in [0.25, 0.3) is 0 Å². The van der Waals surface area contributed by atoms with Gasteiger partial charge in [-0.1, -0.05) is 30.3 Å². The van der Waals surface area contributed by atoms with Crippen LogP contribution in [-0.4, -0.2) is 28.8 Å². The van der Waals surface area contributed by atoms with Gasteiger partial charge >= 0.3 is 0 Å². The Hall–Kier alpha value is -2.96. The minimum atomic E-state index is 0.182. The molecule has 4 heterocycles. The van der Waals surface area contributed by atoms with Crippen LogP contribution in [-0.2, 0) is 0 Å². The molecule has 1 N–H and O–H groups in total. The van der Waals surface area contributed by atoms with Crippen molar-refractivity contribution < 1.29 is 4.58 Å². The van der Waals surface area contributed by atoms with E-state index < -0.39 is 0 Å². The van der Waals surface area contributed by atoms with Crippen LogP contribution < -0.4 is 5.32 Å². The Kier molecular flexibility index (Phi) is 5.94. The van der Waals surface area contributed by atoms with Gasteiger partial charge in [-0.3, -0.25) is 5.32 Å². The molecule has 1 saturated carbocycles. The highest BCUT2D eigenvalue weighted by Gasteiger charge is 2.38. The highest BCUT2D eigenvalue weighted by molar-refractivity contribution is 7.15. The van der Waals surface area contributed by atoms with Crippen molar-refractivity contribution in [2.75, 3.05) is 6.67 Å². The van der Waals surface area contributed by atoms with Crippen LogP contribution in [0.1, 0.15) is 51.4 Å². The largest absolute Gasteiger partial charge is 0.315 e. The summed E-state index contributed by atoms with van der Waals surface area (Å²) in [4.78, 5) is 11.0. The second-order valence-corrected chi connectivity index (χ2v) is 11.8. The number of nitrogens with one attached hydrogen (secondary N) is 1. The number of hydrogen-bond acceptors (Lipinski definition) is 5. The van der Waals surface area contributed by atoms with E-state index in [1.165, 1.54) is 55.3 Å². The standard InChI is InChI=1S/C29H30N4S2/c1-19-13-26(23-7-5-4-6-8-23)35-28(19)25-11-12-30-16-33(25)18-32-14-24(22-9-10-22)27(31-17-32)29-21(3)20(2)15-34-29/h4-8,11-17,22,25,27H,9-10,18H2,1-3H3/p+1. The summed E-state index contributed by atoms with van der Waals surface area (Å²) in [5.74, 6) is 0.698. The van der Waals surface area contributed by atoms with Gasteiger partial charge in [-0.05, 0) is 79.3 Å². The predicted molar refractivity (Wildman–Crippen MR) is 148 cm³/mol. The molecule has 0 amide bonds. The third kappa shape index (κ3) is 4.41. The molecule has 3 aliphatic rings. The van der Waals surface area contributed by atoms with Crippen molar-refractivity contribution in [3.8, 4) is 10.4 Å². The van der Waals surface area contributed by atoms with Gasteiger partial charge < -0.3 is 4.90 Å². The number of hydrogen-bond donors (Lipinski definition) is 1. The Morgan fingerprint density at radius 1 is 1.09 bits per heavy atom. The summed E-state index contributed by atoms with van der Waals surface area (Å²) >= 11 is 3.78. The Morgan fingerprint density at radius 3 is 2.66 bits per heavy atom. The van der Waals surface area contributed by atoms with E-state index in [-0.39, 0.29) is 6.04 Å². The second-order valence-electron chi connectivity index (χ2n) is 9.78. The maximum atomic E-state index is 4.48. The van der Waals surface area contributed by atoms with Crippen molar-refractivity contribution in [3.05, 3.63) is 92.3 Å². The average Bonchev–Trinajstić information content (AvgIpc) is 3.59. The first-order chi connectivity index (χ1) is 17.1. The van der Waals surface area contributed by atoms with Crippen LogP contribution in [0.2, 0.25) is 0 Å². The van der Waals surface area contributed by atoms with Crippen molar-refractivity contribution >= 4 is 35.4 Å². The summed E-state index contributed by atoms with van der Waals surface area (Å²) in [6.45, 7) is 7.46. The zero-order valence-corrected chi connectivity index (χ0v) is 22.1. The first-order valence-electron chi connectivity index (χ1n) is 12.3. The monoisotopic (exact) mass is 499 g/mol. The molecule has 0 bridgehead atoms. The number of aryl methyl sites for hydroxylation is 2. The molecule has 1 aromatic carbocycles. The SMILES string of the molecule is Cc1cc(-c2ccccc2)sc1C1C=CN=CN1C[N+]1=CNC(c2scc(C)c2C)C(C2CC2)=C1. The number of thiophene rings is 2. The third-order valence-electron chi connectivity index (χ3n) is 7.23. The highest BCUT2D eigenvalue weighted by Crippen LogP contribution is 2.45. The van der Waals surface area contributed by atoms with E-state index in [4.69, 9.17) is 0 Å². The van der Waals surface area contributed by atoms with E-state index in [0.29, 0.717) is 12.0 Å². The molecule has 1 aliphatic carbocycles. The van der Waals surface area contributed by atoms with Crippen LogP contribution in [0.4, 0.5) is 0 Å². The lowest BCUT2D eigenvalue weighted by Crippen LogP contribution is -2.39. The Labute approximate surface area is 215 Å². The summed E-state index contributed by atoms with van der Waals surface area (Å²) in [6, 6.07) is 13.5. The van der Waals surface area contributed by atoms with Crippen molar-refractivity contribution in [3.63, 3.8) is 0 Å². The van der Waals surface area contributed by atoms with Gasteiger partial charge in [0.05, 0.1) is 23.5 Å². The van der Waals surface area contributed by atoms with E-state index in [0.717, 1.165) is 6.67 Å². The fourth-order valence-corrected chi connectivity index (χ4v) is 7.41. The molecular formula is C29H31N4S2+. The van der Waals surface area contributed by atoms with Gasteiger partial charge in [0.15, 0.2) is 12.7 Å². The fourth-order valence-electron chi connectivity index (χ4n) is 4.97. The normalized spacial score (nSPS) is 21.6. The zero-order chi connectivity index (χ0) is 23.9. The van der Waals surface area contributed by atoms with E-state index in [1.54, 1.807) is 0 Å². The summed E-state index contributed by atoms with van der Waals surface area (Å²) in [6.07, 6.45) is 13.3. The molecule has 2 unspecified atom stereocenters. The number of rotatable bonds is 6. The Bertz CT molecular complexity index is 1350. The zero-order valence-electron chi connectivity index (χ0n) is 20.4. The van der Waals surface area contributed by atoms with Gasteiger partial charge in [0.1, 0.15) is 0 Å². The first kappa shape index (κ1) is 22.5. The van der Waals surface area contributed by atoms with E-state index in [1.807, 2.05) is 35.2 Å². The molecule has 2 aliphatic heterocycles. The lowest BCUT2D eigenvalue weighted by molar-refractivity contribution is -0.478. The van der Waals surface area contributed by atoms with Crippen molar-refractivity contribution in [2.24, 2.45) is 10.9 Å². The van der Waals surface area contributed by atoms with Gasteiger partial charge in [-0.15, -0.1) is 22.7 Å². The van der Waals surface area contributed by atoms with Crippen LogP contribution in [0.5, 0.6) is 0 Å². The summed E-state index contributed by atoms with van der Waals surface area (Å²) < 4.78 is 2.30. The van der Waals surface area contributed by atoms with Gasteiger partial charge in [-0.25, -0.2) is 9.57 Å². The molecule has 2 atom stereocenters. The quantitative estimate of drug-likeness (QED) is 0.373. The van der Waals surface area contributed by atoms with Crippen molar-refractivity contribution in [2.45, 2.75) is 45.7 Å². The molecule has 0 radical (unpaired) electrons. The van der Waals surface area contributed by atoms with Crippen molar-refractivity contribution in [1.29, 1.82) is 0 Å². The van der Waals surface area contributed by atoms with E-state index in [2.05, 4.69) is 101 Å². The first-order valence-corrected chi connectivity index (χ1v) is 14.0. The lowest BCUT2D eigenvalue weighted by atomic mass is 9.98. The van der Waals surface area contributed by atoms with Crippen LogP contribution >= 0.6 is 22.7 Å². The molecule has 178 valence electrons. The van der Waals surface area contributed by atoms with Gasteiger partial charge in [-0.2, -0.15) is 0 Å². The van der Waals surface area contributed by atoms with Crippen LogP contribution in [0.15, 0.2) is 70.8 Å². The molecule has 3 aromatic rings. The number of nitrogens with zero attached hydrogens (tertiary/aromatic N) is 3. The molecule has 35 heavy (non-hydrogen) atoms. The molecule has 2 aromatic heterocycles. The van der Waals surface area contributed by atoms with Gasteiger partial charge in [0, 0.05) is 21.5 Å². The summed E-state index contributed by atoms with van der Waals surface area (Å²) in [7, 11) is 0. The maximum Gasteiger partial charge on any atom is 0.238 e. The number of benzene rings is 1. The minimum Gasteiger partial charge on any atom is -0.315 e.